The van der Waals surface area contributed by atoms with Crippen LogP contribution in [0.1, 0.15) is 11.6 Å². The molecule has 1 atom stereocenters. The van der Waals surface area contributed by atoms with Crippen molar-refractivity contribution in [1.29, 1.82) is 0 Å². The number of hydrogen-bond acceptors (Lipinski definition) is 3. The number of carbonyl (C=O) groups excluding carboxylic acids is 1. The van der Waals surface area contributed by atoms with Crippen LogP contribution in [0.15, 0.2) is 73.1 Å². The van der Waals surface area contributed by atoms with Crippen LogP contribution in [0.4, 0.5) is 5.69 Å². The van der Waals surface area contributed by atoms with Gasteiger partial charge >= 0.3 is 0 Å². The third-order valence-corrected chi connectivity index (χ3v) is 4.21. The second kappa shape index (κ2) is 8.25. The zero-order chi connectivity index (χ0) is 18.4. The number of amides is 1. The summed E-state index contributed by atoms with van der Waals surface area (Å²) < 4.78 is 12.5. The van der Waals surface area contributed by atoms with Gasteiger partial charge in [0.05, 0.1) is 14.2 Å². The zero-order valence-corrected chi connectivity index (χ0v) is 14.9. The number of ether oxygens (including phenoxy) is 2. The van der Waals surface area contributed by atoms with Gasteiger partial charge in [0.25, 0.3) is 0 Å². The zero-order valence-electron chi connectivity index (χ0n) is 14.9. The molecule has 1 amide bonds. The molecule has 0 bridgehead atoms. The fraction of sp³-hybridized carbons (Fsp3) is 0.190. The lowest BCUT2D eigenvalue weighted by Crippen LogP contribution is -2.27. The van der Waals surface area contributed by atoms with Crippen molar-refractivity contribution >= 4 is 11.6 Å². The van der Waals surface area contributed by atoms with Crippen LogP contribution in [0.25, 0.3) is 0 Å². The molecule has 3 aromatic rings. The Morgan fingerprint density at radius 2 is 1.65 bits per heavy atom. The van der Waals surface area contributed by atoms with Crippen molar-refractivity contribution in [2.45, 2.75) is 12.5 Å². The molecule has 1 N–H and O–H groups in total. The highest BCUT2D eigenvalue weighted by molar-refractivity contribution is 5.94. The van der Waals surface area contributed by atoms with E-state index in [-0.39, 0.29) is 11.9 Å². The highest BCUT2D eigenvalue weighted by Gasteiger charge is 2.21. The van der Waals surface area contributed by atoms with Crippen molar-refractivity contribution < 1.29 is 14.3 Å². The van der Waals surface area contributed by atoms with Crippen LogP contribution >= 0.6 is 0 Å². The molecule has 1 heterocycles. The van der Waals surface area contributed by atoms with Crippen LogP contribution in [0.3, 0.4) is 0 Å². The summed E-state index contributed by atoms with van der Waals surface area (Å²) in [7, 11) is 3.15. The maximum Gasteiger partial charge on any atom is 0.247 e. The molecule has 2 aromatic carbocycles. The molecular weight excluding hydrogens is 328 g/mol. The highest BCUT2D eigenvalue weighted by Crippen LogP contribution is 2.30. The van der Waals surface area contributed by atoms with Crippen LogP contribution < -0.4 is 14.8 Å². The van der Waals surface area contributed by atoms with Crippen LogP contribution in [-0.2, 0) is 11.2 Å². The molecule has 1 aromatic heterocycles. The maximum absolute atomic E-state index is 13.0. The largest absolute Gasteiger partial charge is 0.493 e. The Balaban J connectivity index is 1.82. The summed E-state index contributed by atoms with van der Waals surface area (Å²) in [5, 5.41) is 2.98. The van der Waals surface area contributed by atoms with Crippen LogP contribution in [0.5, 0.6) is 11.5 Å². The highest BCUT2D eigenvalue weighted by atomic mass is 16.5. The molecule has 0 fully saturated rings. The lowest BCUT2D eigenvalue weighted by atomic mass is 10.0. The molecular formula is C21H22N2O3. The summed E-state index contributed by atoms with van der Waals surface area (Å²) in [6, 6.07) is 18.8. The smallest absolute Gasteiger partial charge is 0.247 e. The summed E-state index contributed by atoms with van der Waals surface area (Å²) in [6.07, 6.45) is 4.41. The first kappa shape index (κ1) is 17.6. The van der Waals surface area contributed by atoms with Gasteiger partial charge in [-0.05, 0) is 29.8 Å². The molecule has 0 aliphatic rings. The second-order valence-electron chi connectivity index (χ2n) is 5.89. The molecule has 0 radical (unpaired) electrons. The van der Waals surface area contributed by atoms with Gasteiger partial charge in [-0.25, -0.2) is 0 Å². The van der Waals surface area contributed by atoms with Gasteiger partial charge in [-0.1, -0.05) is 30.3 Å². The summed E-state index contributed by atoms with van der Waals surface area (Å²) in [5.41, 5.74) is 1.77. The van der Waals surface area contributed by atoms with E-state index in [1.807, 2.05) is 59.4 Å². The van der Waals surface area contributed by atoms with Gasteiger partial charge in [0.1, 0.15) is 6.04 Å². The number of nitrogens with zero attached hydrogens (tertiary/aromatic N) is 1. The van der Waals surface area contributed by atoms with Crippen LogP contribution in [0, 0.1) is 0 Å². The Morgan fingerprint density at radius 3 is 2.31 bits per heavy atom. The summed E-state index contributed by atoms with van der Waals surface area (Å²) in [4.78, 5) is 13.0. The predicted octanol–water partition coefficient (Wildman–Crippen LogP) is 3.93. The van der Waals surface area contributed by atoms with Gasteiger partial charge in [0.2, 0.25) is 5.91 Å². The van der Waals surface area contributed by atoms with Gasteiger partial charge in [-0.3, -0.25) is 4.79 Å². The molecule has 0 spiro atoms. The van der Waals surface area contributed by atoms with Crippen molar-refractivity contribution in [3.05, 3.63) is 78.6 Å². The van der Waals surface area contributed by atoms with Gasteiger partial charge in [0.15, 0.2) is 11.5 Å². The van der Waals surface area contributed by atoms with E-state index in [0.29, 0.717) is 23.6 Å². The standard InChI is InChI=1S/C21H22N2O3/c1-25-19-11-10-17(15-20(19)26-2)22-21(24)18(23-12-6-7-13-23)14-16-8-4-3-5-9-16/h3-13,15,18H,14H2,1-2H3,(H,22,24)/t18-/m0/s1. The third kappa shape index (κ3) is 4.06. The number of hydrogen-bond donors (Lipinski definition) is 1. The quantitative estimate of drug-likeness (QED) is 0.702. The number of methoxy groups -OCH3 is 2. The van der Waals surface area contributed by atoms with Crippen LogP contribution in [0.2, 0.25) is 0 Å². The van der Waals surface area contributed by atoms with E-state index in [1.54, 1.807) is 32.4 Å². The fourth-order valence-corrected chi connectivity index (χ4v) is 2.87. The van der Waals surface area contributed by atoms with Crippen molar-refractivity contribution in [3.63, 3.8) is 0 Å². The number of rotatable bonds is 7. The Morgan fingerprint density at radius 1 is 0.962 bits per heavy atom. The fourth-order valence-electron chi connectivity index (χ4n) is 2.87. The van der Waals surface area contributed by atoms with E-state index in [1.165, 1.54) is 0 Å². The first-order valence-corrected chi connectivity index (χ1v) is 8.40. The molecule has 3 rings (SSSR count). The second-order valence-corrected chi connectivity index (χ2v) is 5.89. The van der Waals surface area contributed by atoms with Crippen molar-refractivity contribution in [1.82, 2.24) is 4.57 Å². The minimum Gasteiger partial charge on any atom is -0.493 e. The molecule has 134 valence electrons. The summed E-state index contributed by atoms with van der Waals surface area (Å²) >= 11 is 0. The average Bonchev–Trinajstić information content (AvgIpc) is 3.21. The molecule has 0 aliphatic carbocycles. The summed E-state index contributed by atoms with van der Waals surface area (Å²) in [5.74, 6) is 1.11. The number of aromatic nitrogens is 1. The molecule has 0 saturated heterocycles. The van der Waals surface area contributed by atoms with E-state index in [9.17, 15) is 4.79 Å². The van der Waals surface area contributed by atoms with Crippen LogP contribution in [-0.4, -0.2) is 24.7 Å². The van der Waals surface area contributed by atoms with E-state index in [0.717, 1.165) is 5.56 Å². The molecule has 0 unspecified atom stereocenters. The van der Waals surface area contributed by atoms with E-state index in [4.69, 9.17) is 9.47 Å². The minimum absolute atomic E-state index is 0.0859. The third-order valence-electron chi connectivity index (χ3n) is 4.21. The van der Waals surface area contributed by atoms with Gasteiger partial charge in [-0.15, -0.1) is 0 Å². The normalized spacial score (nSPS) is 11.6. The first-order valence-electron chi connectivity index (χ1n) is 8.40. The lowest BCUT2D eigenvalue weighted by Gasteiger charge is -2.19. The number of benzene rings is 2. The lowest BCUT2D eigenvalue weighted by molar-refractivity contribution is -0.119. The number of anilines is 1. The molecule has 0 aliphatic heterocycles. The van der Waals surface area contributed by atoms with E-state index >= 15 is 0 Å². The molecule has 5 nitrogen and oxygen atoms in total. The van der Waals surface area contributed by atoms with Gasteiger partial charge in [0, 0.05) is 30.6 Å². The molecule has 0 saturated carbocycles. The Kier molecular flexibility index (Phi) is 5.59. The molecule has 26 heavy (non-hydrogen) atoms. The molecule has 5 heteroatoms. The van der Waals surface area contributed by atoms with Crippen molar-refractivity contribution in [2.24, 2.45) is 0 Å². The Hall–Kier alpha value is -3.21. The first-order chi connectivity index (χ1) is 12.7. The average molecular weight is 350 g/mol. The Labute approximate surface area is 153 Å². The number of carbonyl (C=O) groups is 1. The minimum atomic E-state index is -0.347. The van der Waals surface area contributed by atoms with Crippen molar-refractivity contribution in [2.75, 3.05) is 19.5 Å². The number of nitrogens with one attached hydrogen (secondary N) is 1. The van der Waals surface area contributed by atoms with E-state index < -0.39 is 0 Å². The Bertz CT molecular complexity index is 845. The monoisotopic (exact) mass is 350 g/mol. The predicted molar refractivity (Wildman–Crippen MR) is 102 cm³/mol. The maximum atomic E-state index is 13.0. The van der Waals surface area contributed by atoms with E-state index in [2.05, 4.69) is 5.32 Å². The van der Waals surface area contributed by atoms with Crippen molar-refractivity contribution in [3.8, 4) is 11.5 Å². The topological polar surface area (TPSA) is 52.5 Å². The SMILES string of the molecule is COc1ccc(NC(=O)[C@H](Cc2ccccc2)n2cccc2)cc1OC. The van der Waals surface area contributed by atoms with Gasteiger partial charge in [-0.2, -0.15) is 0 Å². The summed E-state index contributed by atoms with van der Waals surface area (Å²) in [6.45, 7) is 0. The van der Waals surface area contributed by atoms with Gasteiger partial charge < -0.3 is 19.4 Å².